The number of nitrogens with one attached hydrogen (secondary N) is 1. The predicted octanol–water partition coefficient (Wildman–Crippen LogP) is 0.0417. The number of hydrogen-bond donors (Lipinski definition) is 2. The van der Waals surface area contributed by atoms with E-state index in [0.29, 0.717) is 0 Å². The van der Waals surface area contributed by atoms with Gasteiger partial charge in [-0.15, -0.1) is 0 Å². The lowest BCUT2D eigenvalue weighted by Crippen LogP contribution is -2.17. The highest BCUT2D eigenvalue weighted by atomic mass is 16.5. The summed E-state index contributed by atoms with van der Waals surface area (Å²) in [6, 6.07) is 0. The van der Waals surface area contributed by atoms with Crippen LogP contribution in [0.4, 0.5) is 0 Å². The molecule has 0 saturated heterocycles. The molecule has 0 spiro atoms. The molecule has 0 unspecified atom stereocenters. The first kappa shape index (κ1) is 8.68. The van der Waals surface area contributed by atoms with Crippen molar-refractivity contribution in [3.8, 4) is 0 Å². The summed E-state index contributed by atoms with van der Waals surface area (Å²) < 4.78 is 4.52. The Hall–Kier alpha value is -1.32. The highest BCUT2D eigenvalue weighted by Crippen LogP contribution is 1.84. The van der Waals surface area contributed by atoms with E-state index in [2.05, 4.69) is 11.3 Å². The van der Waals surface area contributed by atoms with Gasteiger partial charge in [-0.1, -0.05) is 12.7 Å². The van der Waals surface area contributed by atoms with E-state index >= 15 is 0 Å². The van der Waals surface area contributed by atoms with Gasteiger partial charge in [0.1, 0.15) is 18.9 Å². The highest BCUT2D eigenvalue weighted by Gasteiger charge is 2.01. The van der Waals surface area contributed by atoms with Gasteiger partial charge in [-0.3, -0.25) is 10.2 Å². The molecule has 0 aliphatic rings. The molecule has 0 heterocycles. The first-order chi connectivity index (χ1) is 4.66. The molecule has 3 N–H and O–H groups in total. The molecular weight excluding hydrogens is 132 g/mol. The summed E-state index contributed by atoms with van der Waals surface area (Å²) in [5, 5.41) is 6.71. The largest absolute Gasteiger partial charge is 0.461 e. The lowest BCUT2D eigenvalue weighted by Gasteiger charge is -1.98. The van der Waals surface area contributed by atoms with Crippen molar-refractivity contribution in [1.82, 2.24) is 0 Å². The Morgan fingerprint density at radius 2 is 2.40 bits per heavy atom. The zero-order valence-corrected chi connectivity index (χ0v) is 5.59. The topological polar surface area (TPSA) is 76.2 Å². The van der Waals surface area contributed by atoms with Crippen molar-refractivity contribution in [2.24, 2.45) is 5.73 Å². The molecule has 0 aromatic carbocycles. The lowest BCUT2D eigenvalue weighted by molar-refractivity contribution is -0.140. The van der Waals surface area contributed by atoms with Crippen LogP contribution in [0.5, 0.6) is 0 Å². The number of amidine groups is 1. The van der Waals surface area contributed by atoms with Crippen LogP contribution in [0, 0.1) is 5.41 Å². The van der Waals surface area contributed by atoms with Gasteiger partial charge in [-0.2, -0.15) is 0 Å². The molecule has 0 aromatic heterocycles. The van der Waals surface area contributed by atoms with Gasteiger partial charge >= 0.3 is 5.97 Å². The third-order valence-corrected chi connectivity index (χ3v) is 0.697. The molecule has 0 fully saturated rings. The number of carbonyl (C=O) groups is 1. The van der Waals surface area contributed by atoms with Gasteiger partial charge in [-0.25, -0.2) is 0 Å². The molecule has 0 amide bonds. The fourth-order valence-electron chi connectivity index (χ4n) is 0.358. The maximum atomic E-state index is 10.5. The van der Waals surface area contributed by atoms with Crippen LogP contribution >= 0.6 is 0 Å². The van der Waals surface area contributed by atoms with Crippen molar-refractivity contribution in [2.75, 3.05) is 6.61 Å². The summed E-state index contributed by atoms with van der Waals surface area (Å²) >= 11 is 0. The van der Waals surface area contributed by atoms with Crippen LogP contribution in [0.2, 0.25) is 0 Å². The molecule has 0 atom stereocenters. The maximum Gasteiger partial charge on any atom is 0.313 e. The average Bonchev–Trinajstić information content (AvgIpc) is 1.82. The standard InChI is InChI=1S/C6H10N2O2/c1-2-3-10-6(9)4-5(7)8/h2H,1,3-4H2,(H3,7,8). The summed E-state index contributed by atoms with van der Waals surface area (Å²) in [5.74, 6) is -0.679. The highest BCUT2D eigenvalue weighted by molar-refractivity contribution is 5.94. The normalized spacial score (nSPS) is 8.40. The van der Waals surface area contributed by atoms with E-state index in [1.807, 2.05) is 0 Å². The van der Waals surface area contributed by atoms with E-state index in [9.17, 15) is 4.79 Å². The van der Waals surface area contributed by atoms with Crippen molar-refractivity contribution < 1.29 is 9.53 Å². The van der Waals surface area contributed by atoms with Crippen LogP contribution < -0.4 is 5.73 Å². The van der Waals surface area contributed by atoms with Gasteiger partial charge in [-0.05, 0) is 0 Å². The monoisotopic (exact) mass is 142 g/mol. The molecular formula is C6H10N2O2. The summed E-state index contributed by atoms with van der Waals surface area (Å²) in [6.45, 7) is 3.52. The van der Waals surface area contributed by atoms with E-state index in [1.54, 1.807) is 0 Å². The van der Waals surface area contributed by atoms with Crippen LogP contribution in [-0.2, 0) is 9.53 Å². The Balaban J connectivity index is 3.43. The molecule has 0 aliphatic heterocycles. The van der Waals surface area contributed by atoms with E-state index in [4.69, 9.17) is 11.1 Å². The Bertz CT molecular complexity index is 154. The zero-order chi connectivity index (χ0) is 7.98. The molecule has 0 aliphatic carbocycles. The van der Waals surface area contributed by atoms with E-state index in [1.165, 1.54) is 6.08 Å². The summed E-state index contributed by atoms with van der Waals surface area (Å²) in [7, 11) is 0. The Morgan fingerprint density at radius 3 is 2.80 bits per heavy atom. The average molecular weight is 142 g/mol. The fourth-order valence-corrected chi connectivity index (χ4v) is 0.358. The quantitative estimate of drug-likeness (QED) is 0.252. The van der Waals surface area contributed by atoms with Crippen molar-refractivity contribution >= 4 is 11.8 Å². The van der Waals surface area contributed by atoms with Gasteiger partial charge < -0.3 is 10.5 Å². The number of esters is 1. The Kier molecular flexibility index (Phi) is 3.95. The molecule has 0 saturated carbocycles. The molecule has 4 heteroatoms. The number of hydrogen-bond acceptors (Lipinski definition) is 3. The summed E-state index contributed by atoms with van der Waals surface area (Å²) in [5.41, 5.74) is 4.92. The second kappa shape index (κ2) is 4.55. The van der Waals surface area contributed by atoms with Crippen LogP contribution in [0.1, 0.15) is 6.42 Å². The predicted molar refractivity (Wildman–Crippen MR) is 37.7 cm³/mol. The smallest absolute Gasteiger partial charge is 0.313 e. The number of rotatable bonds is 4. The number of nitrogens with two attached hydrogens (primary N) is 1. The van der Waals surface area contributed by atoms with Gasteiger partial charge in [0.05, 0.1) is 0 Å². The molecule has 0 rings (SSSR count). The second-order valence-corrected chi connectivity index (χ2v) is 1.67. The molecule has 56 valence electrons. The first-order valence-corrected chi connectivity index (χ1v) is 2.76. The summed E-state index contributed by atoms with van der Waals surface area (Å²) in [4.78, 5) is 10.5. The van der Waals surface area contributed by atoms with Crippen molar-refractivity contribution in [2.45, 2.75) is 6.42 Å². The van der Waals surface area contributed by atoms with Gasteiger partial charge in [0.15, 0.2) is 0 Å². The third-order valence-electron chi connectivity index (χ3n) is 0.697. The van der Waals surface area contributed by atoms with Crippen LogP contribution in [0.3, 0.4) is 0 Å². The van der Waals surface area contributed by atoms with E-state index in [0.717, 1.165) is 0 Å². The number of ether oxygens (including phenoxy) is 1. The minimum Gasteiger partial charge on any atom is -0.461 e. The SMILES string of the molecule is C=CCOC(=O)CC(=N)N. The van der Waals surface area contributed by atoms with E-state index in [-0.39, 0.29) is 18.9 Å². The first-order valence-electron chi connectivity index (χ1n) is 2.76. The third kappa shape index (κ3) is 4.83. The lowest BCUT2D eigenvalue weighted by atomic mass is 10.4. The molecule has 4 nitrogen and oxygen atoms in total. The van der Waals surface area contributed by atoms with Crippen molar-refractivity contribution in [3.05, 3.63) is 12.7 Å². The summed E-state index contributed by atoms with van der Waals surface area (Å²) in [6.07, 6.45) is 1.31. The van der Waals surface area contributed by atoms with Gasteiger partial charge in [0.25, 0.3) is 0 Å². The fraction of sp³-hybridized carbons (Fsp3) is 0.333. The van der Waals surface area contributed by atoms with Crippen molar-refractivity contribution in [3.63, 3.8) is 0 Å². The molecule has 0 bridgehead atoms. The maximum absolute atomic E-state index is 10.5. The minimum absolute atomic E-state index is 0.145. The van der Waals surface area contributed by atoms with Crippen LogP contribution in [-0.4, -0.2) is 18.4 Å². The minimum atomic E-state index is -0.493. The Morgan fingerprint density at radius 1 is 1.80 bits per heavy atom. The second-order valence-electron chi connectivity index (χ2n) is 1.67. The molecule has 10 heavy (non-hydrogen) atoms. The zero-order valence-electron chi connectivity index (χ0n) is 5.59. The molecule has 0 aromatic rings. The molecule has 0 radical (unpaired) electrons. The van der Waals surface area contributed by atoms with Gasteiger partial charge in [0, 0.05) is 0 Å². The van der Waals surface area contributed by atoms with Crippen molar-refractivity contribution in [1.29, 1.82) is 5.41 Å². The van der Waals surface area contributed by atoms with Gasteiger partial charge in [0.2, 0.25) is 0 Å². The van der Waals surface area contributed by atoms with E-state index < -0.39 is 5.97 Å². The Labute approximate surface area is 59.2 Å². The van der Waals surface area contributed by atoms with Crippen LogP contribution in [0.25, 0.3) is 0 Å². The van der Waals surface area contributed by atoms with Crippen LogP contribution in [0.15, 0.2) is 12.7 Å². The number of carbonyl (C=O) groups excluding carboxylic acids is 1.